The first-order chi connectivity index (χ1) is 5.58. The molecule has 0 aromatic rings. The van der Waals surface area contributed by atoms with Crippen LogP contribution in [0, 0.1) is 0 Å². The lowest BCUT2D eigenvalue weighted by Crippen LogP contribution is -2.51. The lowest BCUT2D eigenvalue weighted by Gasteiger charge is -2.27. The Labute approximate surface area is 73.3 Å². The summed E-state index contributed by atoms with van der Waals surface area (Å²) in [6, 6.07) is -0.132. The van der Waals surface area contributed by atoms with E-state index in [9.17, 15) is 4.39 Å². The Hall–Kier alpha value is -0.190. The zero-order chi connectivity index (χ0) is 9.19. The van der Waals surface area contributed by atoms with Gasteiger partial charge < -0.3 is 4.90 Å². The van der Waals surface area contributed by atoms with Crippen LogP contribution in [-0.4, -0.2) is 43.8 Å². The van der Waals surface area contributed by atoms with Crippen LogP contribution in [0.5, 0.6) is 0 Å². The number of hydrogen-bond donors (Lipinski definition) is 2. The Morgan fingerprint density at radius 1 is 1.58 bits per heavy atom. The van der Waals surface area contributed by atoms with Crippen LogP contribution in [-0.2, 0) is 0 Å². The summed E-state index contributed by atoms with van der Waals surface area (Å²) in [5.74, 6) is 0. The molecule has 1 saturated heterocycles. The molecule has 0 aromatic heterocycles. The second kappa shape index (κ2) is 3.68. The molecular weight excluding hydrogens is 157 g/mol. The Balaban J connectivity index is 2.48. The molecule has 1 aliphatic rings. The molecule has 0 amide bonds. The molecule has 4 heteroatoms. The van der Waals surface area contributed by atoms with Gasteiger partial charge in [-0.1, -0.05) is 0 Å². The van der Waals surface area contributed by atoms with E-state index in [1.807, 2.05) is 18.9 Å². The normalized spacial score (nSPS) is 34.0. The first-order valence-electron chi connectivity index (χ1n) is 4.38. The third kappa shape index (κ3) is 1.94. The van der Waals surface area contributed by atoms with Gasteiger partial charge in [-0.3, -0.25) is 10.9 Å². The molecule has 0 aromatic carbocycles. The maximum absolute atomic E-state index is 14.0. The predicted octanol–water partition coefficient (Wildman–Crippen LogP) is 0.143. The quantitative estimate of drug-likeness (QED) is 0.598. The van der Waals surface area contributed by atoms with Crippen LogP contribution in [0.2, 0.25) is 0 Å². The largest absolute Gasteiger partial charge is 0.303 e. The van der Waals surface area contributed by atoms with E-state index in [-0.39, 0.29) is 6.04 Å². The van der Waals surface area contributed by atoms with Gasteiger partial charge >= 0.3 is 0 Å². The Morgan fingerprint density at radius 3 is 2.67 bits per heavy atom. The number of hydrazine groups is 1. The molecule has 2 N–H and O–H groups in total. The van der Waals surface area contributed by atoms with E-state index in [1.165, 1.54) is 0 Å². The highest BCUT2D eigenvalue weighted by molar-refractivity contribution is 4.96. The fourth-order valence-corrected chi connectivity index (χ4v) is 1.68. The number of halogens is 1. The van der Waals surface area contributed by atoms with E-state index in [0.717, 1.165) is 6.54 Å². The van der Waals surface area contributed by atoms with Crippen LogP contribution < -0.4 is 10.9 Å². The summed E-state index contributed by atoms with van der Waals surface area (Å²) >= 11 is 0. The first-order valence-corrected chi connectivity index (χ1v) is 4.38. The number of nitrogens with zero attached hydrogens (tertiary/aromatic N) is 1. The van der Waals surface area contributed by atoms with Gasteiger partial charge in [-0.25, -0.2) is 4.39 Å². The molecule has 2 atom stereocenters. The van der Waals surface area contributed by atoms with Gasteiger partial charge in [0.15, 0.2) is 0 Å². The Bertz CT molecular complexity index is 153. The topological polar surface area (TPSA) is 27.3 Å². The van der Waals surface area contributed by atoms with Gasteiger partial charge in [0.05, 0.1) is 6.04 Å². The van der Waals surface area contributed by atoms with Crippen molar-refractivity contribution in [1.29, 1.82) is 0 Å². The molecule has 12 heavy (non-hydrogen) atoms. The average molecular weight is 175 g/mol. The molecule has 0 bridgehead atoms. The molecule has 1 rings (SSSR count). The van der Waals surface area contributed by atoms with Crippen molar-refractivity contribution < 1.29 is 4.39 Å². The average Bonchev–Trinajstić information content (AvgIpc) is 2.33. The van der Waals surface area contributed by atoms with Gasteiger partial charge in [0.2, 0.25) is 0 Å². The van der Waals surface area contributed by atoms with Crippen molar-refractivity contribution in [1.82, 2.24) is 15.8 Å². The van der Waals surface area contributed by atoms with Crippen LogP contribution in [0.3, 0.4) is 0 Å². The standard InChI is InChI=1S/C8H18FN3/c1-7(11-10-2)8(9)4-5-12(3)6-8/h7,10-11H,4-6H2,1-3H3. The van der Waals surface area contributed by atoms with Crippen molar-refractivity contribution in [2.24, 2.45) is 0 Å². The molecular formula is C8H18FN3. The Morgan fingerprint density at radius 2 is 2.25 bits per heavy atom. The Kier molecular flexibility index (Phi) is 3.04. The third-order valence-electron chi connectivity index (χ3n) is 2.58. The maximum Gasteiger partial charge on any atom is 0.141 e. The van der Waals surface area contributed by atoms with Gasteiger partial charge in [0.1, 0.15) is 5.67 Å². The summed E-state index contributed by atoms with van der Waals surface area (Å²) in [5.41, 5.74) is 4.60. The second-order valence-corrected chi connectivity index (χ2v) is 3.64. The van der Waals surface area contributed by atoms with Crippen LogP contribution in [0.4, 0.5) is 4.39 Å². The summed E-state index contributed by atoms with van der Waals surface area (Å²) in [7, 11) is 3.71. The van der Waals surface area contributed by atoms with Gasteiger partial charge in [-0.2, -0.15) is 0 Å². The first kappa shape index (κ1) is 9.89. The van der Waals surface area contributed by atoms with Crippen molar-refractivity contribution in [3.63, 3.8) is 0 Å². The molecule has 0 aliphatic carbocycles. The summed E-state index contributed by atoms with van der Waals surface area (Å²) in [4.78, 5) is 2.02. The summed E-state index contributed by atoms with van der Waals surface area (Å²) in [6.45, 7) is 3.25. The minimum atomic E-state index is -1.07. The molecule has 3 nitrogen and oxygen atoms in total. The van der Waals surface area contributed by atoms with Crippen molar-refractivity contribution in [3.05, 3.63) is 0 Å². The van der Waals surface area contributed by atoms with Crippen LogP contribution >= 0.6 is 0 Å². The van der Waals surface area contributed by atoms with Crippen molar-refractivity contribution in [3.8, 4) is 0 Å². The summed E-state index contributed by atoms with van der Waals surface area (Å²) in [6.07, 6.45) is 0.624. The van der Waals surface area contributed by atoms with E-state index in [4.69, 9.17) is 0 Å². The highest BCUT2D eigenvalue weighted by atomic mass is 19.1. The van der Waals surface area contributed by atoms with Crippen LogP contribution in [0.1, 0.15) is 13.3 Å². The van der Waals surface area contributed by atoms with E-state index >= 15 is 0 Å². The molecule has 0 saturated carbocycles. The van der Waals surface area contributed by atoms with Crippen molar-refractivity contribution in [2.75, 3.05) is 27.2 Å². The highest BCUT2D eigenvalue weighted by Gasteiger charge is 2.41. The number of rotatable bonds is 3. The SMILES string of the molecule is CNNC(C)C1(F)CCN(C)C1. The van der Waals surface area contributed by atoms with E-state index in [2.05, 4.69) is 10.9 Å². The zero-order valence-electron chi connectivity index (χ0n) is 8.02. The van der Waals surface area contributed by atoms with E-state index < -0.39 is 5.67 Å². The summed E-state index contributed by atoms with van der Waals surface area (Å²) in [5, 5.41) is 0. The number of likely N-dealkylation sites (tertiary alicyclic amines) is 1. The molecule has 2 unspecified atom stereocenters. The van der Waals surface area contributed by atoms with Gasteiger partial charge in [-0.15, -0.1) is 0 Å². The second-order valence-electron chi connectivity index (χ2n) is 3.64. The minimum absolute atomic E-state index is 0.132. The van der Waals surface area contributed by atoms with Crippen molar-refractivity contribution in [2.45, 2.75) is 25.1 Å². The lowest BCUT2D eigenvalue weighted by atomic mass is 9.97. The summed E-state index contributed by atoms with van der Waals surface area (Å²) < 4.78 is 14.0. The van der Waals surface area contributed by atoms with Gasteiger partial charge in [0, 0.05) is 13.1 Å². The van der Waals surface area contributed by atoms with Crippen LogP contribution in [0.25, 0.3) is 0 Å². The van der Waals surface area contributed by atoms with E-state index in [1.54, 1.807) is 7.05 Å². The zero-order valence-corrected chi connectivity index (χ0v) is 8.02. The van der Waals surface area contributed by atoms with Gasteiger partial charge in [-0.05, 0) is 27.4 Å². The van der Waals surface area contributed by atoms with Crippen molar-refractivity contribution >= 4 is 0 Å². The number of nitrogens with one attached hydrogen (secondary N) is 2. The highest BCUT2D eigenvalue weighted by Crippen LogP contribution is 2.27. The third-order valence-corrected chi connectivity index (χ3v) is 2.58. The fraction of sp³-hybridized carbons (Fsp3) is 1.00. The number of hydrogen-bond acceptors (Lipinski definition) is 3. The molecule has 1 fully saturated rings. The number of alkyl halides is 1. The molecule has 1 heterocycles. The molecule has 0 spiro atoms. The van der Waals surface area contributed by atoms with Gasteiger partial charge in [0.25, 0.3) is 0 Å². The lowest BCUT2D eigenvalue weighted by molar-refractivity contribution is 0.117. The molecule has 1 aliphatic heterocycles. The molecule has 0 radical (unpaired) electrons. The van der Waals surface area contributed by atoms with E-state index in [0.29, 0.717) is 13.0 Å². The molecule has 72 valence electrons. The van der Waals surface area contributed by atoms with Crippen LogP contribution in [0.15, 0.2) is 0 Å². The monoisotopic (exact) mass is 175 g/mol. The minimum Gasteiger partial charge on any atom is -0.303 e. The predicted molar refractivity (Wildman–Crippen MR) is 47.6 cm³/mol. The smallest absolute Gasteiger partial charge is 0.141 e. The fourth-order valence-electron chi connectivity index (χ4n) is 1.68. The maximum atomic E-state index is 14.0.